The van der Waals surface area contributed by atoms with Gasteiger partial charge in [0.15, 0.2) is 17.5 Å². The van der Waals surface area contributed by atoms with Crippen LogP contribution in [-0.2, 0) is 0 Å². The molecule has 5 nitrogen and oxygen atoms in total. The number of nitrogens with zero attached hydrogens (tertiary/aromatic N) is 4. The fourth-order valence-corrected chi connectivity index (χ4v) is 7.92. The fourth-order valence-electron chi connectivity index (χ4n) is 7.92. The lowest BCUT2D eigenvalue weighted by molar-refractivity contribution is 0.669. The average molecular weight is 691 g/mol. The van der Waals surface area contributed by atoms with Crippen molar-refractivity contribution < 1.29 is 4.42 Å². The van der Waals surface area contributed by atoms with Crippen LogP contribution < -0.4 is 0 Å². The first-order valence-corrected chi connectivity index (χ1v) is 18.1. The molecule has 3 heterocycles. The highest BCUT2D eigenvalue weighted by molar-refractivity contribution is 6.13. The van der Waals surface area contributed by atoms with E-state index in [0.29, 0.717) is 17.5 Å². The van der Waals surface area contributed by atoms with Gasteiger partial charge in [-0.05, 0) is 59.0 Å². The fraction of sp³-hybridized carbons (Fsp3) is 0. The molecule has 8 aromatic carbocycles. The first-order valence-electron chi connectivity index (χ1n) is 18.1. The van der Waals surface area contributed by atoms with Crippen molar-refractivity contribution in [1.29, 1.82) is 0 Å². The van der Waals surface area contributed by atoms with Crippen LogP contribution in [0.2, 0.25) is 0 Å². The zero-order valence-electron chi connectivity index (χ0n) is 29.0. The third-order valence-corrected chi connectivity index (χ3v) is 10.5. The number of hydrogen-bond donors (Lipinski definition) is 0. The van der Waals surface area contributed by atoms with Crippen LogP contribution in [0.3, 0.4) is 0 Å². The van der Waals surface area contributed by atoms with E-state index in [-0.39, 0.29) is 0 Å². The average Bonchev–Trinajstić information content (AvgIpc) is 3.79. The van der Waals surface area contributed by atoms with E-state index >= 15 is 0 Å². The van der Waals surface area contributed by atoms with E-state index in [4.69, 9.17) is 19.4 Å². The highest BCUT2D eigenvalue weighted by atomic mass is 16.3. The van der Waals surface area contributed by atoms with Crippen LogP contribution in [0, 0.1) is 0 Å². The van der Waals surface area contributed by atoms with Crippen molar-refractivity contribution in [1.82, 2.24) is 19.5 Å². The zero-order chi connectivity index (χ0) is 35.6. The van der Waals surface area contributed by atoms with Crippen molar-refractivity contribution >= 4 is 54.5 Å². The minimum absolute atomic E-state index is 0.636. The highest BCUT2D eigenvalue weighted by Gasteiger charge is 2.19. The lowest BCUT2D eigenvalue weighted by atomic mass is 10.0. The van der Waals surface area contributed by atoms with Gasteiger partial charge < -0.3 is 8.98 Å². The van der Waals surface area contributed by atoms with Gasteiger partial charge in [0.25, 0.3) is 0 Å². The number of para-hydroxylation sites is 2. The predicted molar refractivity (Wildman–Crippen MR) is 221 cm³/mol. The molecule has 0 saturated heterocycles. The third-order valence-electron chi connectivity index (χ3n) is 10.5. The lowest BCUT2D eigenvalue weighted by Gasteiger charge is -2.15. The molecule has 0 saturated carbocycles. The molecule has 0 aliphatic carbocycles. The molecule has 0 spiro atoms. The third kappa shape index (κ3) is 4.83. The Balaban J connectivity index is 1.12. The summed E-state index contributed by atoms with van der Waals surface area (Å²) in [5.74, 6) is 1.92. The molecule has 3 aromatic heterocycles. The Labute approximate surface area is 310 Å². The molecule has 11 aromatic rings. The van der Waals surface area contributed by atoms with Crippen LogP contribution in [0.5, 0.6) is 0 Å². The molecule has 0 fully saturated rings. The summed E-state index contributed by atoms with van der Waals surface area (Å²) in [6.07, 6.45) is 0. The molecule has 0 atom stereocenters. The number of benzene rings is 8. The number of fused-ring (bicyclic) bond motifs is 7. The van der Waals surface area contributed by atoms with Gasteiger partial charge in [-0.15, -0.1) is 0 Å². The van der Waals surface area contributed by atoms with Crippen LogP contribution in [0.25, 0.3) is 105 Å². The van der Waals surface area contributed by atoms with Crippen LogP contribution >= 0.6 is 0 Å². The van der Waals surface area contributed by atoms with Crippen molar-refractivity contribution in [2.24, 2.45) is 0 Å². The maximum Gasteiger partial charge on any atom is 0.164 e. The van der Waals surface area contributed by atoms with Crippen molar-refractivity contribution in [2.75, 3.05) is 0 Å². The Kier molecular flexibility index (Phi) is 6.79. The second-order valence-electron chi connectivity index (χ2n) is 13.6. The molecular formula is C49H30N4O. The number of rotatable bonds is 5. The van der Waals surface area contributed by atoms with Gasteiger partial charge in [0, 0.05) is 43.6 Å². The minimum Gasteiger partial charge on any atom is -0.456 e. The Morgan fingerprint density at radius 3 is 1.65 bits per heavy atom. The zero-order valence-corrected chi connectivity index (χ0v) is 29.0. The molecular weight excluding hydrogens is 661 g/mol. The minimum atomic E-state index is 0.636. The highest BCUT2D eigenvalue weighted by Crippen LogP contribution is 2.40. The Hall–Kier alpha value is -7.37. The standard InChI is InChI=1S/C49H30N4O/c1-3-13-31(14-4-1)47-50-48(32-15-5-2-6-16-32)52-49(51-47)40-26-27-43(36-18-8-7-17-35(36)40)53-42-21-11-9-19-37(42)38-25-23-34(30-44(38)53)33-24-28-46-41(29-33)39-20-10-12-22-45(39)54-46/h1-30H. The lowest BCUT2D eigenvalue weighted by Crippen LogP contribution is -2.01. The second-order valence-corrected chi connectivity index (χ2v) is 13.6. The van der Waals surface area contributed by atoms with E-state index in [1.54, 1.807) is 0 Å². The molecule has 0 aliphatic heterocycles. The van der Waals surface area contributed by atoms with Crippen molar-refractivity contribution in [3.8, 4) is 51.0 Å². The van der Waals surface area contributed by atoms with Gasteiger partial charge in [0.05, 0.1) is 16.7 Å². The van der Waals surface area contributed by atoms with E-state index in [0.717, 1.165) is 77.2 Å². The molecule has 0 aliphatic rings. The maximum absolute atomic E-state index is 6.15. The van der Waals surface area contributed by atoms with Gasteiger partial charge in [-0.25, -0.2) is 15.0 Å². The van der Waals surface area contributed by atoms with E-state index in [2.05, 4.69) is 114 Å². The molecule has 11 rings (SSSR count). The molecule has 0 radical (unpaired) electrons. The monoisotopic (exact) mass is 690 g/mol. The first kappa shape index (κ1) is 30.3. The first-order chi connectivity index (χ1) is 26.8. The maximum atomic E-state index is 6.15. The van der Waals surface area contributed by atoms with Gasteiger partial charge in [-0.2, -0.15) is 0 Å². The van der Waals surface area contributed by atoms with Gasteiger partial charge in [0.1, 0.15) is 11.2 Å². The predicted octanol–water partition coefficient (Wildman–Crippen LogP) is 12.7. The molecule has 0 N–H and O–H groups in total. The number of furan rings is 1. The summed E-state index contributed by atoms with van der Waals surface area (Å²) in [5.41, 5.74) is 10.3. The Morgan fingerprint density at radius 1 is 0.333 bits per heavy atom. The summed E-state index contributed by atoms with van der Waals surface area (Å²) < 4.78 is 8.56. The normalized spacial score (nSPS) is 11.7. The second kappa shape index (κ2) is 12.1. The van der Waals surface area contributed by atoms with Gasteiger partial charge in [0.2, 0.25) is 0 Å². The quantitative estimate of drug-likeness (QED) is 0.180. The number of aromatic nitrogens is 4. The van der Waals surface area contributed by atoms with Crippen LogP contribution in [-0.4, -0.2) is 19.5 Å². The summed E-state index contributed by atoms with van der Waals surface area (Å²) in [6, 6.07) is 63.4. The van der Waals surface area contributed by atoms with Gasteiger partial charge in [-0.1, -0.05) is 140 Å². The van der Waals surface area contributed by atoms with Crippen molar-refractivity contribution in [3.05, 3.63) is 182 Å². The van der Waals surface area contributed by atoms with Crippen LogP contribution in [0.1, 0.15) is 0 Å². The van der Waals surface area contributed by atoms with Gasteiger partial charge >= 0.3 is 0 Å². The van der Waals surface area contributed by atoms with E-state index < -0.39 is 0 Å². The van der Waals surface area contributed by atoms with E-state index in [9.17, 15) is 0 Å². The molecule has 252 valence electrons. The van der Waals surface area contributed by atoms with Crippen molar-refractivity contribution in [2.45, 2.75) is 0 Å². The van der Waals surface area contributed by atoms with Crippen LogP contribution in [0.4, 0.5) is 0 Å². The Morgan fingerprint density at radius 2 is 0.889 bits per heavy atom. The SMILES string of the molecule is c1ccc(-c2nc(-c3ccccc3)nc(-c3ccc(-n4c5ccccc5c5ccc(-c6ccc7oc8ccccc8c7c6)cc54)c4ccccc34)n2)cc1. The summed E-state index contributed by atoms with van der Waals surface area (Å²) >= 11 is 0. The molecule has 0 unspecified atom stereocenters. The van der Waals surface area contributed by atoms with Gasteiger partial charge in [-0.3, -0.25) is 0 Å². The molecule has 0 amide bonds. The van der Waals surface area contributed by atoms with Crippen LogP contribution in [0.15, 0.2) is 186 Å². The topological polar surface area (TPSA) is 56.7 Å². The summed E-state index contributed by atoms with van der Waals surface area (Å²) in [5, 5.41) is 6.84. The summed E-state index contributed by atoms with van der Waals surface area (Å²) in [6.45, 7) is 0. The van der Waals surface area contributed by atoms with E-state index in [1.165, 1.54) is 10.8 Å². The van der Waals surface area contributed by atoms with Crippen molar-refractivity contribution in [3.63, 3.8) is 0 Å². The summed E-state index contributed by atoms with van der Waals surface area (Å²) in [7, 11) is 0. The largest absolute Gasteiger partial charge is 0.456 e. The number of hydrogen-bond acceptors (Lipinski definition) is 4. The van der Waals surface area contributed by atoms with E-state index in [1.807, 2.05) is 72.8 Å². The molecule has 5 heteroatoms. The molecule has 54 heavy (non-hydrogen) atoms. The smallest absolute Gasteiger partial charge is 0.164 e. The molecule has 0 bridgehead atoms. The summed E-state index contributed by atoms with van der Waals surface area (Å²) in [4.78, 5) is 15.1. The Bertz CT molecular complexity index is 3160.